The molecule has 9 heteroatoms. The molecule has 0 aliphatic heterocycles. The van der Waals surface area contributed by atoms with Gasteiger partial charge in [-0.1, -0.05) is 23.7 Å². The van der Waals surface area contributed by atoms with Crippen molar-refractivity contribution in [3.63, 3.8) is 0 Å². The molecule has 0 aliphatic carbocycles. The van der Waals surface area contributed by atoms with E-state index >= 15 is 0 Å². The normalized spacial score (nSPS) is 12.5. The van der Waals surface area contributed by atoms with Crippen LogP contribution in [0.25, 0.3) is 11.2 Å². The van der Waals surface area contributed by atoms with Crippen molar-refractivity contribution in [2.24, 2.45) is 14.1 Å². The van der Waals surface area contributed by atoms with Crippen molar-refractivity contribution in [2.75, 3.05) is 11.9 Å². The monoisotopic (exact) mass is 377 g/mol. The molecule has 0 unspecified atom stereocenters. The lowest BCUT2D eigenvalue weighted by Crippen LogP contribution is -2.39. The summed E-state index contributed by atoms with van der Waals surface area (Å²) < 4.78 is 4.11. The van der Waals surface area contributed by atoms with Crippen LogP contribution in [-0.2, 0) is 20.6 Å². The van der Waals surface area contributed by atoms with Crippen LogP contribution >= 0.6 is 11.6 Å². The number of rotatable bonds is 5. The van der Waals surface area contributed by atoms with Crippen molar-refractivity contribution in [3.8, 4) is 0 Å². The van der Waals surface area contributed by atoms with Crippen LogP contribution in [0.5, 0.6) is 0 Å². The highest BCUT2D eigenvalue weighted by molar-refractivity contribution is 6.30. The summed E-state index contributed by atoms with van der Waals surface area (Å²) >= 11 is 5.89. The summed E-state index contributed by atoms with van der Waals surface area (Å²) in [6.07, 6.45) is -0.569. The van der Waals surface area contributed by atoms with E-state index in [1.807, 2.05) is 0 Å². The molecule has 26 heavy (non-hydrogen) atoms. The zero-order valence-electron chi connectivity index (χ0n) is 14.7. The fraction of sp³-hybridized carbons (Fsp3) is 0.353. The van der Waals surface area contributed by atoms with Crippen LogP contribution in [-0.4, -0.2) is 36.4 Å². The molecule has 0 bridgehead atoms. The molecule has 0 aliphatic rings. The molecule has 0 spiro atoms. The Morgan fingerprint density at radius 3 is 2.46 bits per heavy atom. The molecule has 0 amide bonds. The van der Waals surface area contributed by atoms with E-state index in [4.69, 9.17) is 11.6 Å². The maximum atomic E-state index is 12.9. The molecular formula is C17H20ClN5O3. The number of aliphatic hydroxyl groups excluding tert-OH is 1. The van der Waals surface area contributed by atoms with Gasteiger partial charge in [0.2, 0.25) is 5.95 Å². The number of fused-ring (bicyclic) bond motifs is 1. The molecular weight excluding hydrogens is 358 g/mol. The number of aromatic nitrogens is 4. The molecule has 2 heterocycles. The quantitative estimate of drug-likeness (QED) is 0.689. The van der Waals surface area contributed by atoms with Crippen LogP contribution in [0.1, 0.15) is 12.5 Å². The van der Waals surface area contributed by atoms with Crippen LogP contribution in [0.3, 0.4) is 0 Å². The highest BCUT2D eigenvalue weighted by Gasteiger charge is 2.18. The van der Waals surface area contributed by atoms with Crippen molar-refractivity contribution in [1.29, 1.82) is 0 Å². The average Bonchev–Trinajstić information content (AvgIpc) is 2.93. The van der Waals surface area contributed by atoms with E-state index in [0.717, 1.165) is 5.56 Å². The van der Waals surface area contributed by atoms with E-state index in [9.17, 15) is 14.7 Å². The van der Waals surface area contributed by atoms with Crippen LogP contribution in [0, 0.1) is 0 Å². The molecule has 2 N–H and O–H groups in total. The van der Waals surface area contributed by atoms with E-state index in [1.54, 1.807) is 49.9 Å². The largest absolute Gasteiger partial charge is 0.392 e. The molecule has 1 atom stereocenters. The first-order chi connectivity index (χ1) is 12.3. The van der Waals surface area contributed by atoms with E-state index in [-0.39, 0.29) is 13.1 Å². The SMILES string of the molecule is C[C@@H](O)CNc1nc2c(c(=O)n(Cc3ccc(Cl)cc3)c(=O)n2C)n1C. The Labute approximate surface area is 154 Å². The number of aliphatic hydroxyl groups is 1. The number of halogens is 1. The summed E-state index contributed by atoms with van der Waals surface area (Å²) in [5, 5.41) is 13.0. The topological polar surface area (TPSA) is 94.1 Å². The number of nitrogens with one attached hydrogen (secondary N) is 1. The van der Waals surface area contributed by atoms with Crippen molar-refractivity contribution in [3.05, 3.63) is 55.7 Å². The maximum absolute atomic E-state index is 12.9. The molecule has 0 fully saturated rings. The van der Waals surface area contributed by atoms with Gasteiger partial charge in [-0.25, -0.2) is 4.79 Å². The molecule has 0 radical (unpaired) electrons. The zero-order chi connectivity index (χ0) is 19.0. The number of anilines is 1. The summed E-state index contributed by atoms with van der Waals surface area (Å²) in [6, 6.07) is 6.98. The van der Waals surface area contributed by atoms with E-state index < -0.39 is 17.4 Å². The highest BCUT2D eigenvalue weighted by Crippen LogP contribution is 2.14. The van der Waals surface area contributed by atoms with Crippen LogP contribution < -0.4 is 16.6 Å². The van der Waals surface area contributed by atoms with Crippen molar-refractivity contribution in [2.45, 2.75) is 19.6 Å². The lowest BCUT2D eigenvalue weighted by Gasteiger charge is -2.09. The van der Waals surface area contributed by atoms with Gasteiger partial charge >= 0.3 is 5.69 Å². The number of hydrogen-bond donors (Lipinski definition) is 2. The molecule has 0 saturated carbocycles. The van der Waals surface area contributed by atoms with Crippen molar-refractivity contribution in [1.82, 2.24) is 18.7 Å². The second-order valence-electron chi connectivity index (χ2n) is 6.26. The Hall–Kier alpha value is -2.58. The Morgan fingerprint density at radius 2 is 1.85 bits per heavy atom. The number of imidazole rings is 1. The first kappa shape index (κ1) is 18.2. The second kappa shape index (κ2) is 6.97. The third-order valence-corrected chi connectivity index (χ3v) is 4.42. The van der Waals surface area contributed by atoms with Crippen molar-refractivity contribution < 1.29 is 5.11 Å². The van der Waals surface area contributed by atoms with E-state index in [1.165, 1.54) is 9.13 Å². The zero-order valence-corrected chi connectivity index (χ0v) is 15.5. The molecule has 3 rings (SSSR count). The first-order valence-electron chi connectivity index (χ1n) is 8.12. The minimum absolute atomic E-state index is 0.139. The summed E-state index contributed by atoms with van der Waals surface area (Å²) in [6.45, 7) is 2.06. The lowest BCUT2D eigenvalue weighted by molar-refractivity contribution is 0.208. The molecule has 3 aromatic rings. The maximum Gasteiger partial charge on any atom is 0.332 e. The second-order valence-corrected chi connectivity index (χ2v) is 6.69. The molecule has 0 saturated heterocycles. The van der Waals surface area contributed by atoms with Gasteiger partial charge in [0.15, 0.2) is 11.2 Å². The molecule has 2 aromatic heterocycles. The van der Waals surface area contributed by atoms with Gasteiger partial charge in [-0.3, -0.25) is 13.9 Å². The van der Waals surface area contributed by atoms with Crippen LogP contribution in [0.15, 0.2) is 33.9 Å². The predicted molar refractivity (Wildman–Crippen MR) is 101 cm³/mol. The summed E-state index contributed by atoms with van der Waals surface area (Å²) in [7, 11) is 3.27. The minimum atomic E-state index is -0.569. The van der Waals surface area contributed by atoms with Gasteiger partial charge in [-0.2, -0.15) is 4.98 Å². The van der Waals surface area contributed by atoms with Gasteiger partial charge in [-0.05, 0) is 24.6 Å². The van der Waals surface area contributed by atoms with E-state index in [0.29, 0.717) is 22.1 Å². The molecule has 1 aromatic carbocycles. The standard InChI is InChI=1S/C17H20ClN5O3/c1-10(24)8-19-16-20-14-13(21(16)2)15(25)23(17(26)22(14)3)9-11-4-6-12(18)7-5-11/h4-7,10,24H,8-9H2,1-3H3,(H,19,20)/t10-/m1/s1. The number of benzene rings is 1. The van der Waals surface area contributed by atoms with Gasteiger partial charge in [-0.15, -0.1) is 0 Å². The summed E-state index contributed by atoms with van der Waals surface area (Å²) in [5.41, 5.74) is 0.537. The summed E-state index contributed by atoms with van der Waals surface area (Å²) in [5.74, 6) is 0.414. The lowest BCUT2D eigenvalue weighted by atomic mass is 10.2. The smallest absolute Gasteiger partial charge is 0.332 e. The first-order valence-corrected chi connectivity index (χ1v) is 8.50. The van der Waals surface area contributed by atoms with Gasteiger partial charge in [0.1, 0.15) is 0 Å². The third kappa shape index (κ3) is 3.25. The third-order valence-electron chi connectivity index (χ3n) is 4.17. The van der Waals surface area contributed by atoms with Gasteiger partial charge in [0.25, 0.3) is 5.56 Å². The minimum Gasteiger partial charge on any atom is -0.392 e. The Kier molecular flexibility index (Phi) is 4.88. The fourth-order valence-electron chi connectivity index (χ4n) is 2.75. The number of nitrogens with zero attached hydrogens (tertiary/aromatic N) is 4. The number of hydrogen-bond acceptors (Lipinski definition) is 5. The average molecular weight is 378 g/mol. The molecule has 138 valence electrons. The molecule has 8 nitrogen and oxygen atoms in total. The van der Waals surface area contributed by atoms with Crippen LogP contribution in [0.4, 0.5) is 5.95 Å². The van der Waals surface area contributed by atoms with Gasteiger partial charge in [0.05, 0.1) is 12.6 Å². The van der Waals surface area contributed by atoms with Crippen LogP contribution in [0.2, 0.25) is 5.02 Å². The Morgan fingerprint density at radius 1 is 1.19 bits per heavy atom. The van der Waals surface area contributed by atoms with Gasteiger partial charge < -0.3 is 15.0 Å². The summed E-state index contributed by atoms with van der Waals surface area (Å²) in [4.78, 5) is 29.9. The Balaban J connectivity index is 2.13. The van der Waals surface area contributed by atoms with Crippen molar-refractivity contribution >= 4 is 28.7 Å². The highest BCUT2D eigenvalue weighted by atomic mass is 35.5. The van der Waals surface area contributed by atoms with Gasteiger partial charge in [0, 0.05) is 25.7 Å². The fourth-order valence-corrected chi connectivity index (χ4v) is 2.88. The predicted octanol–water partition coefficient (Wildman–Crippen LogP) is 0.928. The van der Waals surface area contributed by atoms with E-state index in [2.05, 4.69) is 10.3 Å². The Bertz CT molecular complexity index is 1060. The number of aryl methyl sites for hydroxylation is 2.